The van der Waals surface area contributed by atoms with E-state index in [2.05, 4.69) is 76.1 Å². The van der Waals surface area contributed by atoms with Gasteiger partial charge in [0.2, 0.25) is 0 Å². The monoisotopic (exact) mass is 423 g/mol. The Bertz CT molecular complexity index is 612. The van der Waals surface area contributed by atoms with Crippen molar-refractivity contribution < 1.29 is 13.6 Å². The van der Waals surface area contributed by atoms with Crippen molar-refractivity contribution in [3.63, 3.8) is 0 Å². The minimum Gasteiger partial charge on any atom is -0.519 e. The van der Waals surface area contributed by atoms with Crippen molar-refractivity contribution in [3.8, 4) is 0 Å². The SMILES string of the molecule is CO[Si](C)(C)CCCN(CC(C)C(=O)O[Si](C)(C)C(C)(C)C)c1ccccc1. The topological polar surface area (TPSA) is 38.8 Å². The van der Waals surface area contributed by atoms with E-state index in [0.717, 1.165) is 24.7 Å². The zero-order valence-corrected chi connectivity index (χ0v) is 21.5. The van der Waals surface area contributed by atoms with Gasteiger partial charge in [0, 0.05) is 25.9 Å². The molecule has 1 rings (SSSR count). The van der Waals surface area contributed by atoms with Crippen LogP contribution >= 0.6 is 0 Å². The molecule has 0 aliphatic carbocycles. The Kier molecular flexibility index (Phi) is 8.97. The maximum atomic E-state index is 12.8. The van der Waals surface area contributed by atoms with Gasteiger partial charge in [-0.1, -0.05) is 45.9 Å². The molecule has 160 valence electrons. The zero-order chi connectivity index (χ0) is 21.6. The number of carbonyl (C=O) groups excluding carboxylic acids is 1. The summed E-state index contributed by atoms with van der Waals surface area (Å²) in [6.45, 7) is 18.8. The largest absolute Gasteiger partial charge is 0.519 e. The first-order chi connectivity index (χ1) is 12.8. The van der Waals surface area contributed by atoms with Crippen LogP contribution in [0.15, 0.2) is 30.3 Å². The zero-order valence-electron chi connectivity index (χ0n) is 19.5. The van der Waals surface area contributed by atoms with Crippen LogP contribution in [0, 0.1) is 5.92 Å². The van der Waals surface area contributed by atoms with E-state index in [0.29, 0.717) is 6.54 Å². The average Bonchev–Trinajstić information content (AvgIpc) is 2.60. The number of benzene rings is 1. The molecule has 0 fully saturated rings. The van der Waals surface area contributed by atoms with Gasteiger partial charge in [-0.2, -0.15) is 0 Å². The number of carbonyl (C=O) groups is 1. The van der Waals surface area contributed by atoms with E-state index in [1.54, 1.807) is 0 Å². The number of anilines is 1. The molecule has 1 aromatic rings. The van der Waals surface area contributed by atoms with Crippen LogP contribution in [-0.2, 0) is 13.6 Å². The first-order valence-electron chi connectivity index (χ1n) is 10.4. The fourth-order valence-electron chi connectivity index (χ4n) is 2.67. The Labute approximate surface area is 174 Å². The van der Waals surface area contributed by atoms with Crippen molar-refractivity contribution in [3.05, 3.63) is 30.3 Å². The molecule has 0 saturated heterocycles. The van der Waals surface area contributed by atoms with E-state index in [9.17, 15) is 4.79 Å². The Morgan fingerprint density at radius 3 is 2.18 bits per heavy atom. The predicted octanol–water partition coefficient (Wildman–Crippen LogP) is 5.92. The second-order valence-corrected chi connectivity index (χ2v) is 19.1. The lowest BCUT2D eigenvalue weighted by molar-refractivity contribution is -0.139. The molecule has 0 aromatic heterocycles. The highest BCUT2D eigenvalue weighted by molar-refractivity contribution is 6.75. The predicted molar refractivity (Wildman–Crippen MR) is 125 cm³/mol. The molecule has 0 saturated carbocycles. The summed E-state index contributed by atoms with van der Waals surface area (Å²) < 4.78 is 11.7. The van der Waals surface area contributed by atoms with Crippen LogP contribution in [0.5, 0.6) is 0 Å². The van der Waals surface area contributed by atoms with E-state index in [-0.39, 0.29) is 16.9 Å². The third-order valence-electron chi connectivity index (χ3n) is 5.94. The first-order valence-corrected chi connectivity index (χ1v) is 16.4. The Balaban J connectivity index is 2.81. The molecule has 6 heteroatoms. The lowest BCUT2D eigenvalue weighted by Gasteiger charge is -2.37. The van der Waals surface area contributed by atoms with Crippen molar-refractivity contribution in [2.24, 2.45) is 5.92 Å². The van der Waals surface area contributed by atoms with Crippen molar-refractivity contribution >= 4 is 28.3 Å². The average molecular weight is 424 g/mol. The normalized spacial score (nSPS) is 13.9. The summed E-state index contributed by atoms with van der Waals surface area (Å²) in [7, 11) is -1.85. The molecule has 1 aromatic carbocycles. The highest BCUT2D eigenvalue weighted by Crippen LogP contribution is 2.37. The summed E-state index contributed by atoms with van der Waals surface area (Å²) in [5, 5.41) is 0.0257. The summed E-state index contributed by atoms with van der Waals surface area (Å²) in [4.78, 5) is 15.1. The van der Waals surface area contributed by atoms with E-state index >= 15 is 0 Å². The molecule has 0 aliphatic heterocycles. The lowest BCUT2D eigenvalue weighted by atomic mass is 10.1. The Morgan fingerprint density at radius 2 is 1.68 bits per heavy atom. The van der Waals surface area contributed by atoms with Gasteiger partial charge in [-0.15, -0.1) is 0 Å². The maximum absolute atomic E-state index is 12.8. The van der Waals surface area contributed by atoms with Crippen LogP contribution in [0.3, 0.4) is 0 Å². The van der Waals surface area contributed by atoms with Gasteiger partial charge in [-0.3, -0.25) is 4.79 Å². The van der Waals surface area contributed by atoms with Crippen molar-refractivity contribution in [1.82, 2.24) is 0 Å². The van der Waals surface area contributed by atoms with Gasteiger partial charge in [-0.05, 0) is 55.8 Å². The van der Waals surface area contributed by atoms with Crippen LogP contribution in [0.25, 0.3) is 0 Å². The Morgan fingerprint density at radius 1 is 1.11 bits per heavy atom. The second-order valence-electron chi connectivity index (χ2n) is 9.93. The summed E-state index contributed by atoms with van der Waals surface area (Å²) in [6.07, 6.45) is 1.06. The minimum atomic E-state index is -2.10. The number of nitrogens with zero attached hydrogens (tertiary/aromatic N) is 1. The van der Waals surface area contributed by atoms with Crippen molar-refractivity contribution in [2.45, 2.75) is 71.4 Å². The molecular formula is C22H41NO3Si2. The molecule has 0 radical (unpaired) electrons. The fraction of sp³-hybridized carbons (Fsp3) is 0.682. The molecule has 4 nitrogen and oxygen atoms in total. The third-order valence-corrected chi connectivity index (χ3v) is 12.9. The summed E-state index contributed by atoms with van der Waals surface area (Å²) in [6, 6.07) is 11.5. The van der Waals surface area contributed by atoms with Crippen LogP contribution in [0.2, 0.25) is 37.3 Å². The molecule has 0 spiro atoms. The van der Waals surface area contributed by atoms with Crippen LogP contribution in [0.4, 0.5) is 5.69 Å². The molecule has 0 heterocycles. The number of hydrogen-bond acceptors (Lipinski definition) is 4. The second kappa shape index (κ2) is 10.1. The van der Waals surface area contributed by atoms with Crippen LogP contribution < -0.4 is 4.90 Å². The van der Waals surface area contributed by atoms with E-state index in [1.807, 2.05) is 20.1 Å². The van der Waals surface area contributed by atoms with Crippen LogP contribution in [0.1, 0.15) is 34.1 Å². The molecule has 0 amide bonds. The highest BCUT2D eigenvalue weighted by atomic mass is 28.4. The van der Waals surface area contributed by atoms with E-state index < -0.39 is 16.6 Å². The van der Waals surface area contributed by atoms with Gasteiger partial charge in [0.05, 0.1) is 5.92 Å². The molecule has 28 heavy (non-hydrogen) atoms. The van der Waals surface area contributed by atoms with Crippen molar-refractivity contribution in [1.29, 1.82) is 0 Å². The van der Waals surface area contributed by atoms with E-state index in [4.69, 9.17) is 8.85 Å². The summed E-state index contributed by atoms with van der Waals surface area (Å²) >= 11 is 0. The Hall–Kier alpha value is -1.12. The number of rotatable bonds is 10. The standard InChI is InChI=1S/C22H41NO3Si2/c1-19(21(24)26-28(8,9)22(2,3)4)18-23(20-14-11-10-12-15-20)16-13-17-27(6,7)25-5/h10-12,14-15,19H,13,16-18H2,1-9H3. The minimum absolute atomic E-state index is 0.0257. The lowest BCUT2D eigenvalue weighted by Crippen LogP contribution is -2.45. The van der Waals surface area contributed by atoms with Crippen molar-refractivity contribution in [2.75, 3.05) is 25.1 Å². The fourth-order valence-corrected chi connectivity index (χ4v) is 4.90. The molecule has 0 aliphatic rings. The van der Waals surface area contributed by atoms with Gasteiger partial charge in [-0.25, -0.2) is 0 Å². The number of para-hydroxylation sites is 1. The summed E-state index contributed by atoms with van der Waals surface area (Å²) in [5.74, 6) is -0.235. The molecule has 0 N–H and O–H groups in total. The molecule has 1 unspecified atom stereocenters. The quantitative estimate of drug-likeness (QED) is 0.438. The van der Waals surface area contributed by atoms with Gasteiger partial charge in [0.15, 0.2) is 8.32 Å². The maximum Gasteiger partial charge on any atom is 0.297 e. The smallest absolute Gasteiger partial charge is 0.297 e. The van der Waals surface area contributed by atoms with Crippen LogP contribution in [-0.4, -0.2) is 42.8 Å². The van der Waals surface area contributed by atoms with E-state index in [1.165, 1.54) is 0 Å². The first kappa shape index (κ1) is 24.9. The third kappa shape index (κ3) is 7.72. The molecular weight excluding hydrogens is 382 g/mol. The molecule has 1 atom stereocenters. The van der Waals surface area contributed by atoms with Gasteiger partial charge < -0.3 is 13.8 Å². The number of hydrogen-bond donors (Lipinski definition) is 0. The summed E-state index contributed by atoms with van der Waals surface area (Å²) in [5.41, 5.74) is 1.16. The van der Waals surface area contributed by atoms with Gasteiger partial charge in [0.25, 0.3) is 14.3 Å². The van der Waals surface area contributed by atoms with Gasteiger partial charge in [0.1, 0.15) is 0 Å². The highest BCUT2D eigenvalue weighted by Gasteiger charge is 2.41. The molecule has 0 bridgehead atoms. The van der Waals surface area contributed by atoms with Gasteiger partial charge >= 0.3 is 0 Å².